The minimum absolute atomic E-state index is 0.186. The summed E-state index contributed by atoms with van der Waals surface area (Å²) in [4.78, 5) is 15.2. The molecule has 2 aliphatic rings. The molecule has 0 saturated carbocycles. The van der Waals surface area contributed by atoms with Gasteiger partial charge in [-0.2, -0.15) is 9.40 Å². The van der Waals surface area contributed by atoms with Crippen LogP contribution >= 0.6 is 24.0 Å². The van der Waals surface area contributed by atoms with E-state index in [4.69, 9.17) is 17.3 Å². The van der Waals surface area contributed by atoms with E-state index in [-0.39, 0.29) is 10.8 Å². The third kappa shape index (κ3) is 5.26. The Bertz CT molecular complexity index is 1520. The van der Waals surface area contributed by atoms with Crippen molar-refractivity contribution in [2.24, 2.45) is 5.92 Å². The molecule has 2 fully saturated rings. The van der Waals surface area contributed by atoms with Crippen molar-refractivity contribution in [3.8, 4) is 16.9 Å². The van der Waals surface area contributed by atoms with Crippen molar-refractivity contribution in [3.63, 3.8) is 0 Å². The number of nitrogens with zero attached hydrogens (tertiary/aromatic N) is 4. The molecule has 3 heterocycles. The number of hydrogen-bond acceptors (Lipinski definition) is 6. The van der Waals surface area contributed by atoms with Crippen molar-refractivity contribution in [2.75, 3.05) is 19.6 Å². The van der Waals surface area contributed by atoms with E-state index < -0.39 is 10.0 Å². The Morgan fingerprint density at radius 2 is 1.87 bits per heavy atom. The zero-order valence-electron chi connectivity index (χ0n) is 21.0. The van der Waals surface area contributed by atoms with Gasteiger partial charge in [-0.1, -0.05) is 67.3 Å². The molecule has 1 amide bonds. The van der Waals surface area contributed by atoms with Crippen LogP contribution in [-0.4, -0.2) is 57.3 Å². The second-order valence-electron chi connectivity index (χ2n) is 9.41. The second kappa shape index (κ2) is 11.0. The normalized spacial score (nSPS) is 18.4. The van der Waals surface area contributed by atoms with E-state index in [1.165, 1.54) is 16.7 Å². The summed E-state index contributed by atoms with van der Waals surface area (Å²) in [5.41, 5.74) is 2.76. The van der Waals surface area contributed by atoms with Crippen LogP contribution in [-0.2, 0) is 14.8 Å². The van der Waals surface area contributed by atoms with Gasteiger partial charge in [-0.05, 0) is 49.1 Å². The minimum atomic E-state index is -3.63. The van der Waals surface area contributed by atoms with Gasteiger partial charge in [0.2, 0.25) is 10.0 Å². The van der Waals surface area contributed by atoms with Gasteiger partial charge >= 0.3 is 0 Å². The number of thioether (sulfide) groups is 1. The molecule has 7 nitrogen and oxygen atoms in total. The summed E-state index contributed by atoms with van der Waals surface area (Å²) in [5, 5.41) is 4.82. The zero-order valence-corrected chi connectivity index (χ0v) is 23.4. The van der Waals surface area contributed by atoms with E-state index in [2.05, 4.69) is 13.5 Å². The lowest BCUT2D eigenvalue weighted by Crippen LogP contribution is -2.37. The van der Waals surface area contributed by atoms with E-state index >= 15 is 0 Å². The summed E-state index contributed by atoms with van der Waals surface area (Å²) in [6, 6.07) is 16.5. The Balaban J connectivity index is 1.57. The third-order valence-electron chi connectivity index (χ3n) is 6.72. The highest BCUT2D eigenvalue weighted by molar-refractivity contribution is 8.26. The number of para-hydroxylation sites is 1. The summed E-state index contributed by atoms with van der Waals surface area (Å²) in [5.74, 6) is 0.339. The minimum Gasteiger partial charge on any atom is -0.289 e. The Labute approximate surface area is 232 Å². The standard InChI is InChI=1S/C28H28N4O3S3/c1-3-14-31-27(33)25(37-28(31)36)18-22-19-32(23-9-5-4-6-10-23)29-26(22)21-8-7-11-24(17-21)38(34,35)30-15-12-20(2)13-16-30/h3-11,17-20H,1,12-16H2,2H3. The lowest BCUT2D eigenvalue weighted by atomic mass is 10.0. The van der Waals surface area contributed by atoms with Crippen LogP contribution < -0.4 is 0 Å². The molecule has 0 radical (unpaired) electrons. The molecular formula is C28H28N4O3S3. The van der Waals surface area contributed by atoms with E-state index in [1.807, 2.05) is 42.6 Å². The van der Waals surface area contributed by atoms with E-state index in [1.54, 1.807) is 39.3 Å². The zero-order chi connectivity index (χ0) is 26.9. The molecular weight excluding hydrogens is 537 g/mol. The van der Waals surface area contributed by atoms with Crippen molar-refractivity contribution in [1.29, 1.82) is 0 Å². The van der Waals surface area contributed by atoms with Crippen LogP contribution in [0.5, 0.6) is 0 Å². The molecule has 38 heavy (non-hydrogen) atoms. The second-order valence-corrected chi connectivity index (χ2v) is 13.0. The van der Waals surface area contributed by atoms with E-state index in [9.17, 15) is 13.2 Å². The van der Waals surface area contributed by atoms with Gasteiger partial charge in [-0.15, -0.1) is 6.58 Å². The fraction of sp³-hybridized carbons (Fsp3) is 0.250. The summed E-state index contributed by atoms with van der Waals surface area (Å²) in [6.45, 7) is 7.25. The predicted octanol–water partition coefficient (Wildman–Crippen LogP) is 5.35. The first-order valence-corrected chi connectivity index (χ1v) is 15.1. The topological polar surface area (TPSA) is 75.5 Å². The number of thiocarbonyl (C=S) groups is 1. The third-order valence-corrected chi connectivity index (χ3v) is 10.00. The summed E-state index contributed by atoms with van der Waals surface area (Å²) >= 11 is 6.63. The Kier molecular flexibility index (Phi) is 7.67. The molecule has 10 heteroatoms. The van der Waals surface area contributed by atoms with Crippen LogP contribution in [0.15, 0.2) is 83.2 Å². The average Bonchev–Trinajstić information content (AvgIpc) is 3.46. The largest absolute Gasteiger partial charge is 0.289 e. The number of piperidine rings is 1. The first-order valence-electron chi connectivity index (χ1n) is 12.4. The van der Waals surface area contributed by atoms with Crippen LogP contribution in [0, 0.1) is 5.92 Å². The van der Waals surface area contributed by atoms with Gasteiger partial charge in [0.05, 0.1) is 15.5 Å². The number of aromatic nitrogens is 2. The van der Waals surface area contributed by atoms with Gasteiger partial charge in [0, 0.05) is 37.0 Å². The number of rotatable bonds is 7. The van der Waals surface area contributed by atoms with Crippen LogP contribution in [0.3, 0.4) is 0 Å². The van der Waals surface area contributed by atoms with Crippen molar-refractivity contribution in [3.05, 3.63) is 83.9 Å². The Hall–Kier alpha value is -3.05. The summed E-state index contributed by atoms with van der Waals surface area (Å²) in [7, 11) is -3.63. The molecule has 0 unspecified atom stereocenters. The number of amides is 1. The monoisotopic (exact) mass is 564 g/mol. The molecule has 2 saturated heterocycles. The SMILES string of the molecule is C=CCN1C(=O)C(=Cc2cn(-c3ccccc3)nc2-c2cccc(S(=O)(=O)N3CCC(C)CC3)c2)SC1=S. The lowest BCUT2D eigenvalue weighted by molar-refractivity contribution is -0.121. The van der Waals surface area contributed by atoms with Gasteiger partial charge in [0.15, 0.2) is 0 Å². The van der Waals surface area contributed by atoms with Crippen molar-refractivity contribution < 1.29 is 13.2 Å². The lowest BCUT2D eigenvalue weighted by Gasteiger charge is -2.29. The maximum absolute atomic E-state index is 13.5. The van der Waals surface area contributed by atoms with Crippen LogP contribution in [0.2, 0.25) is 0 Å². The number of hydrogen-bond donors (Lipinski definition) is 0. The van der Waals surface area contributed by atoms with Crippen molar-refractivity contribution in [2.45, 2.75) is 24.7 Å². The molecule has 0 N–H and O–H groups in total. The molecule has 5 rings (SSSR count). The van der Waals surface area contributed by atoms with Crippen LogP contribution in [0.1, 0.15) is 25.3 Å². The van der Waals surface area contributed by atoms with Gasteiger partial charge in [0.25, 0.3) is 5.91 Å². The maximum Gasteiger partial charge on any atom is 0.266 e. The van der Waals surface area contributed by atoms with Gasteiger partial charge < -0.3 is 0 Å². The molecule has 0 bridgehead atoms. The fourth-order valence-electron chi connectivity index (χ4n) is 4.54. The fourth-order valence-corrected chi connectivity index (χ4v) is 7.32. The van der Waals surface area contributed by atoms with Gasteiger partial charge in [0.1, 0.15) is 10.0 Å². The smallest absolute Gasteiger partial charge is 0.266 e. The molecule has 0 aliphatic carbocycles. The highest BCUT2D eigenvalue weighted by atomic mass is 32.2. The molecule has 0 spiro atoms. The van der Waals surface area contributed by atoms with E-state index in [0.29, 0.717) is 51.6 Å². The van der Waals surface area contributed by atoms with Crippen molar-refractivity contribution >= 4 is 50.3 Å². The van der Waals surface area contributed by atoms with E-state index in [0.717, 1.165) is 18.5 Å². The average molecular weight is 565 g/mol. The molecule has 0 atom stereocenters. The van der Waals surface area contributed by atoms with Crippen LogP contribution in [0.25, 0.3) is 23.0 Å². The molecule has 1 aromatic heterocycles. The molecule has 3 aromatic rings. The van der Waals surface area contributed by atoms with Gasteiger partial charge in [-0.3, -0.25) is 9.69 Å². The number of sulfonamides is 1. The summed E-state index contributed by atoms with van der Waals surface area (Å²) in [6.07, 6.45) is 6.97. The van der Waals surface area contributed by atoms with Crippen molar-refractivity contribution in [1.82, 2.24) is 19.0 Å². The predicted molar refractivity (Wildman–Crippen MR) is 156 cm³/mol. The highest BCUT2D eigenvalue weighted by Gasteiger charge is 2.32. The Morgan fingerprint density at radius 1 is 1.13 bits per heavy atom. The number of carbonyl (C=O) groups excluding carboxylic acids is 1. The van der Waals surface area contributed by atoms with Crippen LogP contribution in [0.4, 0.5) is 0 Å². The maximum atomic E-state index is 13.5. The first kappa shape index (κ1) is 26.6. The number of benzene rings is 2. The molecule has 196 valence electrons. The quantitative estimate of drug-likeness (QED) is 0.219. The first-order chi connectivity index (χ1) is 18.3. The summed E-state index contributed by atoms with van der Waals surface area (Å²) < 4.78 is 30.7. The highest BCUT2D eigenvalue weighted by Crippen LogP contribution is 2.35. The van der Waals surface area contributed by atoms with Gasteiger partial charge in [-0.25, -0.2) is 13.1 Å². The number of carbonyl (C=O) groups is 1. The molecule has 2 aliphatic heterocycles. The molecule has 2 aromatic carbocycles. The Morgan fingerprint density at radius 3 is 2.58 bits per heavy atom.